The average molecular weight is 391 g/mol. The van der Waals surface area contributed by atoms with Crippen molar-refractivity contribution in [2.75, 3.05) is 0 Å². The van der Waals surface area contributed by atoms with Crippen LogP contribution in [-0.2, 0) is 22.4 Å². The number of carboxylic acids is 2. The largest absolute Gasteiger partial charge is 0.481 e. The first-order valence-corrected chi connectivity index (χ1v) is 10.5. The zero-order chi connectivity index (χ0) is 21.4. The minimum absolute atomic E-state index is 0.627. The van der Waals surface area contributed by atoms with Crippen molar-refractivity contribution in [2.24, 2.45) is 10.8 Å². The van der Waals surface area contributed by atoms with Gasteiger partial charge in [-0.1, -0.05) is 37.5 Å². The molecule has 0 heterocycles. The minimum atomic E-state index is -0.723. The van der Waals surface area contributed by atoms with Crippen molar-refractivity contribution in [3.8, 4) is 0 Å². The summed E-state index contributed by atoms with van der Waals surface area (Å²) in [5.41, 5.74) is 2.73. The van der Waals surface area contributed by atoms with Crippen molar-refractivity contribution in [3.63, 3.8) is 0 Å². The van der Waals surface area contributed by atoms with Gasteiger partial charge in [-0.3, -0.25) is 9.59 Å². The van der Waals surface area contributed by atoms with E-state index in [0.29, 0.717) is 6.42 Å². The second-order valence-corrected chi connectivity index (χ2v) is 9.41. The van der Waals surface area contributed by atoms with Crippen LogP contribution in [0.5, 0.6) is 0 Å². The summed E-state index contributed by atoms with van der Waals surface area (Å²) in [5.74, 6) is -1.44. The van der Waals surface area contributed by atoms with E-state index in [1.54, 1.807) is 27.7 Å². The molecule has 0 unspecified atom stereocenters. The Labute approximate surface area is 170 Å². The molecule has 0 atom stereocenters. The SMILES string of the molecule is Cc1cc(CCCCCC(C)(C)C(=O)O)ccc1CCCCC(C)(C)C(=O)O. The van der Waals surface area contributed by atoms with Crippen molar-refractivity contribution >= 4 is 11.9 Å². The fourth-order valence-corrected chi connectivity index (χ4v) is 3.36. The van der Waals surface area contributed by atoms with E-state index >= 15 is 0 Å². The summed E-state index contributed by atoms with van der Waals surface area (Å²) in [7, 11) is 0. The molecule has 0 amide bonds. The van der Waals surface area contributed by atoms with Crippen molar-refractivity contribution < 1.29 is 19.8 Å². The van der Waals surface area contributed by atoms with Gasteiger partial charge in [-0.2, -0.15) is 0 Å². The number of aliphatic carboxylic acids is 2. The van der Waals surface area contributed by atoms with Crippen molar-refractivity contribution in [2.45, 2.75) is 92.4 Å². The van der Waals surface area contributed by atoms with Gasteiger partial charge in [-0.05, 0) is 89.8 Å². The number of rotatable bonds is 13. The first-order chi connectivity index (χ1) is 13.0. The van der Waals surface area contributed by atoms with E-state index in [1.807, 2.05) is 0 Å². The maximum Gasteiger partial charge on any atom is 0.309 e. The monoisotopic (exact) mass is 390 g/mol. The molecule has 0 spiro atoms. The highest BCUT2D eigenvalue weighted by atomic mass is 16.4. The Hall–Kier alpha value is -1.84. The summed E-state index contributed by atoms with van der Waals surface area (Å²) in [6, 6.07) is 6.67. The third kappa shape index (κ3) is 8.04. The highest BCUT2D eigenvalue weighted by Gasteiger charge is 2.26. The first-order valence-electron chi connectivity index (χ1n) is 10.5. The fraction of sp³-hybridized carbons (Fsp3) is 0.667. The van der Waals surface area contributed by atoms with Gasteiger partial charge in [0.15, 0.2) is 0 Å². The molecule has 158 valence electrons. The maximum atomic E-state index is 11.2. The molecule has 0 aliphatic carbocycles. The Balaban J connectivity index is 2.36. The molecule has 0 fully saturated rings. The van der Waals surface area contributed by atoms with Crippen LogP contribution in [0.2, 0.25) is 0 Å². The molecule has 4 nitrogen and oxygen atoms in total. The second kappa shape index (κ2) is 10.6. The number of hydrogen-bond donors (Lipinski definition) is 2. The molecule has 28 heavy (non-hydrogen) atoms. The Morgan fingerprint density at radius 1 is 0.786 bits per heavy atom. The van der Waals surface area contributed by atoms with E-state index in [0.717, 1.165) is 51.4 Å². The van der Waals surface area contributed by atoms with Crippen LogP contribution in [0, 0.1) is 17.8 Å². The van der Waals surface area contributed by atoms with Gasteiger partial charge in [-0.25, -0.2) is 0 Å². The van der Waals surface area contributed by atoms with Crippen LogP contribution in [0.15, 0.2) is 18.2 Å². The van der Waals surface area contributed by atoms with E-state index in [2.05, 4.69) is 25.1 Å². The zero-order valence-electron chi connectivity index (χ0n) is 18.3. The van der Waals surface area contributed by atoms with Crippen LogP contribution < -0.4 is 0 Å². The average Bonchev–Trinajstić information content (AvgIpc) is 2.59. The standard InChI is InChI=1S/C24H38O4/c1-18-17-19(11-7-6-9-15-23(2,3)21(25)26)13-14-20(18)12-8-10-16-24(4,5)22(27)28/h13-14,17H,6-12,15-16H2,1-5H3,(H,25,26)(H,27,28). The van der Waals surface area contributed by atoms with Crippen LogP contribution in [0.3, 0.4) is 0 Å². The maximum absolute atomic E-state index is 11.2. The van der Waals surface area contributed by atoms with E-state index in [4.69, 9.17) is 5.11 Å². The Bertz CT molecular complexity index is 659. The molecular weight excluding hydrogens is 352 g/mol. The lowest BCUT2D eigenvalue weighted by Crippen LogP contribution is -2.23. The molecule has 1 rings (SSSR count). The van der Waals surface area contributed by atoms with Crippen LogP contribution in [0.1, 0.15) is 89.3 Å². The third-order valence-electron chi connectivity index (χ3n) is 5.83. The number of carbonyl (C=O) groups is 2. The van der Waals surface area contributed by atoms with Gasteiger partial charge in [-0.15, -0.1) is 0 Å². The predicted octanol–water partition coefficient (Wildman–Crippen LogP) is 6.03. The Kier molecular flexibility index (Phi) is 9.19. The zero-order valence-corrected chi connectivity index (χ0v) is 18.3. The van der Waals surface area contributed by atoms with Gasteiger partial charge in [0, 0.05) is 0 Å². The van der Waals surface area contributed by atoms with E-state index in [1.165, 1.54) is 16.7 Å². The van der Waals surface area contributed by atoms with E-state index in [9.17, 15) is 14.7 Å². The number of hydrogen-bond acceptors (Lipinski definition) is 2. The van der Waals surface area contributed by atoms with Crippen LogP contribution in [0.25, 0.3) is 0 Å². The summed E-state index contributed by atoms with van der Waals surface area (Å²) in [5, 5.41) is 18.3. The Morgan fingerprint density at radius 2 is 1.29 bits per heavy atom. The quantitative estimate of drug-likeness (QED) is 0.403. The number of carboxylic acid groups (broad SMARTS) is 2. The summed E-state index contributed by atoms with van der Waals surface area (Å²) < 4.78 is 0. The lowest BCUT2D eigenvalue weighted by atomic mass is 9.86. The van der Waals surface area contributed by atoms with Gasteiger partial charge in [0.25, 0.3) is 0 Å². The first kappa shape index (κ1) is 24.2. The molecule has 0 aromatic heterocycles. The minimum Gasteiger partial charge on any atom is -0.481 e. The number of benzene rings is 1. The lowest BCUT2D eigenvalue weighted by molar-refractivity contribution is -0.148. The van der Waals surface area contributed by atoms with E-state index < -0.39 is 22.8 Å². The molecule has 0 aliphatic rings. The summed E-state index contributed by atoms with van der Waals surface area (Å²) in [6.45, 7) is 9.31. The molecule has 0 saturated carbocycles. The third-order valence-corrected chi connectivity index (χ3v) is 5.83. The molecule has 0 bridgehead atoms. The Morgan fingerprint density at radius 3 is 1.79 bits per heavy atom. The molecule has 1 aromatic carbocycles. The van der Waals surface area contributed by atoms with Gasteiger partial charge in [0.2, 0.25) is 0 Å². The molecule has 0 saturated heterocycles. The fourth-order valence-electron chi connectivity index (χ4n) is 3.36. The summed E-state index contributed by atoms with van der Waals surface area (Å²) in [6.07, 6.45) is 8.47. The van der Waals surface area contributed by atoms with Crippen LogP contribution in [-0.4, -0.2) is 22.2 Å². The van der Waals surface area contributed by atoms with Gasteiger partial charge >= 0.3 is 11.9 Å². The molecule has 4 heteroatoms. The highest BCUT2D eigenvalue weighted by Crippen LogP contribution is 2.25. The lowest BCUT2D eigenvalue weighted by Gasteiger charge is -2.18. The summed E-state index contributed by atoms with van der Waals surface area (Å²) in [4.78, 5) is 22.3. The molecule has 2 N–H and O–H groups in total. The second-order valence-electron chi connectivity index (χ2n) is 9.41. The molecular formula is C24H38O4. The molecule has 0 radical (unpaired) electrons. The topological polar surface area (TPSA) is 74.6 Å². The normalized spacial score (nSPS) is 12.2. The van der Waals surface area contributed by atoms with Crippen LogP contribution in [0.4, 0.5) is 0 Å². The number of aryl methyl sites for hydroxylation is 3. The summed E-state index contributed by atoms with van der Waals surface area (Å²) >= 11 is 0. The predicted molar refractivity (Wildman–Crippen MR) is 114 cm³/mol. The van der Waals surface area contributed by atoms with Gasteiger partial charge < -0.3 is 10.2 Å². The van der Waals surface area contributed by atoms with Gasteiger partial charge in [0.1, 0.15) is 0 Å². The van der Waals surface area contributed by atoms with Crippen molar-refractivity contribution in [1.29, 1.82) is 0 Å². The van der Waals surface area contributed by atoms with Crippen molar-refractivity contribution in [1.82, 2.24) is 0 Å². The van der Waals surface area contributed by atoms with Gasteiger partial charge in [0.05, 0.1) is 10.8 Å². The highest BCUT2D eigenvalue weighted by molar-refractivity contribution is 5.73. The van der Waals surface area contributed by atoms with Crippen LogP contribution >= 0.6 is 0 Å². The smallest absolute Gasteiger partial charge is 0.309 e. The molecule has 1 aromatic rings. The van der Waals surface area contributed by atoms with Crippen molar-refractivity contribution in [3.05, 3.63) is 34.9 Å². The number of unbranched alkanes of at least 4 members (excludes halogenated alkanes) is 3. The molecule has 0 aliphatic heterocycles. The van der Waals surface area contributed by atoms with E-state index in [-0.39, 0.29) is 0 Å².